The summed E-state index contributed by atoms with van der Waals surface area (Å²) in [4.78, 5) is 64.3. The third-order valence-electron chi connectivity index (χ3n) is 12.0. The molecule has 6 atom stereocenters. The van der Waals surface area contributed by atoms with Gasteiger partial charge in [0.2, 0.25) is 11.8 Å². The van der Waals surface area contributed by atoms with Gasteiger partial charge in [0, 0.05) is 38.5 Å². The van der Waals surface area contributed by atoms with Gasteiger partial charge in [0.15, 0.2) is 5.82 Å². The number of hydrogen-bond donors (Lipinski definition) is 3. The summed E-state index contributed by atoms with van der Waals surface area (Å²) in [6.07, 6.45) is -2.34. The molecule has 3 fully saturated rings. The van der Waals surface area contributed by atoms with Crippen molar-refractivity contribution in [2.45, 2.75) is 30.4 Å². The molecule has 0 radical (unpaired) electrons. The second-order valence-corrected chi connectivity index (χ2v) is 16.9. The number of amides is 4. The number of phenolic OH excluding ortho intramolecular Hbond substituents is 1. The number of nitrogens with one attached hydrogen (secondary N) is 2. The van der Waals surface area contributed by atoms with Crippen LogP contribution in [0.15, 0.2) is 125 Å². The average molecular weight is 918 g/mol. The number of benzene rings is 4. The van der Waals surface area contributed by atoms with E-state index in [9.17, 15) is 32.7 Å². The van der Waals surface area contributed by atoms with Crippen molar-refractivity contribution in [1.29, 1.82) is 0 Å². The number of allylic oxidation sites excluding steroid dienone is 2. The van der Waals surface area contributed by atoms with Crippen molar-refractivity contribution >= 4 is 85.6 Å². The van der Waals surface area contributed by atoms with E-state index in [0.29, 0.717) is 43.6 Å². The number of hydrazine groups is 1. The molecule has 2 aliphatic heterocycles. The first kappa shape index (κ1) is 39.7. The van der Waals surface area contributed by atoms with Gasteiger partial charge in [0.1, 0.15) is 5.75 Å². The number of anilines is 4. The van der Waals surface area contributed by atoms with Gasteiger partial charge in [-0.1, -0.05) is 81.1 Å². The molecule has 0 spiro atoms. The number of carbonyl (C=O) groups excluding carboxylic acids is 4. The number of carbonyl (C=O) groups is 4. The van der Waals surface area contributed by atoms with Crippen molar-refractivity contribution in [1.82, 2.24) is 9.99 Å². The topological polar surface area (TPSA) is 132 Å². The number of fused-ring (bicyclic) bond motifs is 4. The van der Waals surface area contributed by atoms with Crippen molar-refractivity contribution in [3.8, 4) is 5.75 Å². The number of pyridine rings is 1. The van der Waals surface area contributed by atoms with Gasteiger partial charge >= 0.3 is 6.18 Å². The fourth-order valence-corrected chi connectivity index (χ4v) is 10.2. The molecule has 304 valence electrons. The Bertz CT molecular complexity index is 2630. The fourth-order valence-electron chi connectivity index (χ4n) is 9.52. The van der Waals surface area contributed by atoms with Gasteiger partial charge in [0.25, 0.3) is 11.8 Å². The van der Waals surface area contributed by atoms with E-state index >= 15 is 4.79 Å². The van der Waals surface area contributed by atoms with Gasteiger partial charge in [-0.3, -0.25) is 29.5 Å². The molecular formula is C44H31BrCl2F3N5O5. The van der Waals surface area contributed by atoms with Crippen molar-refractivity contribution in [3.63, 3.8) is 0 Å². The third kappa shape index (κ3) is 6.34. The molecule has 0 bridgehead atoms. The maximum Gasteiger partial charge on any atom is 0.417 e. The molecule has 16 heteroatoms. The predicted octanol–water partition coefficient (Wildman–Crippen LogP) is 9.81. The average Bonchev–Trinajstić information content (AvgIpc) is 3.60. The summed E-state index contributed by atoms with van der Waals surface area (Å²) in [5.41, 5.74) is 2.83. The Hall–Kier alpha value is -5.70. The minimum Gasteiger partial charge on any atom is -0.508 e. The highest BCUT2D eigenvalue weighted by Gasteiger charge is 2.70. The minimum absolute atomic E-state index is 0.0788. The second-order valence-electron chi connectivity index (χ2n) is 15.2. The van der Waals surface area contributed by atoms with Crippen LogP contribution in [0.4, 0.5) is 36.1 Å². The lowest BCUT2D eigenvalue weighted by molar-refractivity contribution is -0.139. The summed E-state index contributed by atoms with van der Waals surface area (Å²) in [6.45, 7) is 0. The van der Waals surface area contributed by atoms with Gasteiger partial charge in [-0.15, -0.1) is 0 Å². The van der Waals surface area contributed by atoms with Crippen LogP contribution >= 0.6 is 39.1 Å². The Kier molecular flexibility index (Phi) is 9.79. The van der Waals surface area contributed by atoms with E-state index in [1.165, 1.54) is 11.0 Å². The number of halogens is 6. The van der Waals surface area contributed by atoms with Gasteiger partial charge in [-0.25, -0.2) is 4.98 Å². The normalized spacial score (nSPS) is 24.8. The lowest BCUT2D eigenvalue weighted by atomic mass is 9.49. The number of nitrogens with zero attached hydrogens (tertiary/aromatic N) is 3. The zero-order valence-electron chi connectivity index (χ0n) is 31.0. The van der Waals surface area contributed by atoms with E-state index in [4.69, 9.17) is 23.2 Å². The van der Waals surface area contributed by atoms with Crippen LogP contribution in [0.25, 0.3) is 0 Å². The molecule has 10 nitrogen and oxygen atoms in total. The maximum atomic E-state index is 15.4. The van der Waals surface area contributed by atoms with Crippen LogP contribution in [0.5, 0.6) is 5.75 Å². The van der Waals surface area contributed by atoms with E-state index in [2.05, 4.69) is 31.7 Å². The van der Waals surface area contributed by atoms with Crippen molar-refractivity contribution in [3.05, 3.63) is 152 Å². The smallest absolute Gasteiger partial charge is 0.417 e. The standard InChI is InChI=1S/C44H31BrCl2F3N5O5/c45-24-8-17-35(56)32(19-24)37-29-15-16-30-36(41(59)54(39(30)57)28-13-11-27(12-14-28)52-26-4-2-1-3-5-26)31(29)20-33-40(58)55(42(60)43(33,37)22-6-9-25(46)10-7-22)53-38-34(47)18-23(21-51-38)44(48,49)50/h1-15,17-19,21,30-31,33,36-37,52,56H,16,20H2,(H,51,53)/t30-,31+,33-,36-,37+,43+/m0/s1. The summed E-state index contributed by atoms with van der Waals surface area (Å²) in [5, 5.41) is 15.5. The molecule has 3 heterocycles. The number of hydrogen-bond acceptors (Lipinski definition) is 8. The quantitative estimate of drug-likeness (QED) is 0.109. The maximum absolute atomic E-state index is 15.4. The van der Waals surface area contributed by atoms with Crippen LogP contribution in [0.2, 0.25) is 10.0 Å². The van der Waals surface area contributed by atoms with Gasteiger partial charge < -0.3 is 10.4 Å². The fraction of sp³-hybridized carbons (Fsp3) is 0.205. The van der Waals surface area contributed by atoms with E-state index in [0.717, 1.165) is 11.4 Å². The van der Waals surface area contributed by atoms with Crippen LogP contribution < -0.4 is 15.6 Å². The number of alkyl halides is 3. The lowest BCUT2D eigenvalue weighted by Crippen LogP contribution is -2.53. The van der Waals surface area contributed by atoms with Crippen LogP contribution in [0.3, 0.4) is 0 Å². The molecule has 60 heavy (non-hydrogen) atoms. The monoisotopic (exact) mass is 915 g/mol. The summed E-state index contributed by atoms with van der Waals surface area (Å²) in [5.74, 6) is -7.84. The van der Waals surface area contributed by atoms with Gasteiger partial charge in [0.05, 0.1) is 39.4 Å². The highest BCUT2D eigenvalue weighted by atomic mass is 79.9. The summed E-state index contributed by atoms with van der Waals surface area (Å²) < 4.78 is 41.2. The van der Waals surface area contributed by atoms with E-state index in [-0.39, 0.29) is 30.0 Å². The molecule has 2 aliphatic carbocycles. The molecule has 2 saturated heterocycles. The first-order chi connectivity index (χ1) is 28.7. The summed E-state index contributed by atoms with van der Waals surface area (Å²) >= 11 is 16.1. The van der Waals surface area contributed by atoms with Crippen molar-refractivity contribution in [2.75, 3.05) is 15.6 Å². The number of imide groups is 2. The zero-order chi connectivity index (χ0) is 42.2. The number of phenols is 1. The Morgan fingerprint density at radius 1 is 0.833 bits per heavy atom. The predicted molar refractivity (Wildman–Crippen MR) is 221 cm³/mol. The number of para-hydroxylation sites is 1. The Labute approximate surface area is 359 Å². The number of rotatable bonds is 7. The Morgan fingerprint density at radius 2 is 1.53 bits per heavy atom. The van der Waals surface area contributed by atoms with E-state index < -0.39 is 75.4 Å². The molecular weight excluding hydrogens is 886 g/mol. The molecule has 9 rings (SSSR count). The number of aromatic hydroxyl groups is 1. The molecule has 1 saturated carbocycles. The molecule has 1 aromatic heterocycles. The second kappa shape index (κ2) is 14.8. The SMILES string of the molecule is O=C1[C@@H]2C[C@@H]3C(=CC[C@@H]4C(=O)N(c5ccc(Nc6ccccc6)cc5)C(=O)[C@@H]43)[C@H](c3cc(Br)ccc3O)[C@]2(c2ccc(Cl)cc2)C(=O)N1Nc1ncc(C(F)(F)F)cc1Cl. The van der Waals surface area contributed by atoms with E-state index in [1.54, 1.807) is 60.7 Å². The van der Waals surface area contributed by atoms with E-state index in [1.807, 2.05) is 36.4 Å². The first-order valence-electron chi connectivity index (χ1n) is 18.8. The molecule has 5 aromatic rings. The molecule has 4 aliphatic rings. The molecule has 3 N–H and O–H groups in total. The lowest BCUT2D eigenvalue weighted by Gasteiger charge is -2.50. The van der Waals surface area contributed by atoms with Crippen LogP contribution in [0.1, 0.15) is 35.4 Å². The highest BCUT2D eigenvalue weighted by Crippen LogP contribution is 2.65. The summed E-state index contributed by atoms with van der Waals surface area (Å²) in [7, 11) is 0. The first-order valence-corrected chi connectivity index (χ1v) is 20.4. The van der Waals surface area contributed by atoms with Crippen LogP contribution in [-0.4, -0.2) is 38.7 Å². The van der Waals surface area contributed by atoms with Crippen molar-refractivity contribution < 1.29 is 37.5 Å². The number of aromatic nitrogens is 1. The molecule has 0 unspecified atom stereocenters. The molecule has 4 amide bonds. The Balaban J connectivity index is 1.16. The Morgan fingerprint density at radius 3 is 2.22 bits per heavy atom. The zero-order valence-corrected chi connectivity index (χ0v) is 34.1. The highest BCUT2D eigenvalue weighted by molar-refractivity contribution is 9.10. The summed E-state index contributed by atoms with van der Waals surface area (Å²) in [6, 6.07) is 28.1. The van der Waals surface area contributed by atoms with Gasteiger partial charge in [-0.2, -0.15) is 18.2 Å². The van der Waals surface area contributed by atoms with Crippen LogP contribution in [-0.2, 0) is 30.8 Å². The molecule has 4 aromatic carbocycles. The van der Waals surface area contributed by atoms with Crippen LogP contribution in [0, 0.1) is 23.7 Å². The van der Waals surface area contributed by atoms with Gasteiger partial charge in [-0.05, 0) is 97.1 Å². The largest absolute Gasteiger partial charge is 0.508 e. The third-order valence-corrected chi connectivity index (χ3v) is 13.1. The van der Waals surface area contributed by atoms with Crippen molar-refractivity contribution in [2.24, 2.45) is 23.7 Å². The minimum atomic E-state index is -4.76.